The Kier molecular flexibility index (Phi) is 4.17. The molecule has 2 nitrogen and oxygen atoms in total. The highest BCUT2D eigenvalue weighted by Gasteiger charge is 2.22. The third kappa shape index (κ3) is 3.99. The van der Waals surface area contributed by atoms with Crippen LogP contribution in [0.1, 0.15) is 17.3 Å². The minimum atomic E-state index is -2.96. The summed E-state index contributed by atoms with van der Waals surface area (Å²) in [5, 5.41) is 2.07. The first-order valence-corrected chi connectivity index (χ1v) is 5.48. The summed E-state index contributed by atoms with van der Waals surface area (Å²) >= 11 is 1.72. The highest BCUT2D eigenvalue weighted by Crippen LogP contribution is 2.14. The van der Waals surface area contributed by atoms with Gasteiger partial charge in [0, 0.05) is 16.1 Å². The number of carbonyl (C=O) groups is 1. The number of amides is 1. The van der Waals surface area contributed by atoms with Gasteiger partial charge in [0.2, 0.25) is 0 Å². The minimum absolute atomic E-state index is 0.162. The van der Waals surface area contributed by atoms with Gasteiger partial charge in [-0.15, -0.1) is 0 Å². The van der Waals surface area contributed by atoms with E-state index in [0.29, 0.717) is 6.92 Å². The maximum Gasteiger partial charge on any atom is 0.262 e. The number of alkyl halides is 2. The van der Waals surface area contributed by atoms with Crippen LogP contribution < -0.4 is 5.32 Å². The van der Waals surface area contributed by atoms with Crippen molar-refractivity contribution in [3.05, 3.63) is 33.1 Å². The van der Waals surface area contributed by atoms with Crippen LogP contribution >= 0.6 is 22.6 Å². The summed E-state index contributed by atoms with van der Waals surface area (Å²) < 4.78 is 38.1. The van der Waals surface area contributed by atoms with Crippen LogP contribution in [-0.4, -0.2) is 18.4 Å². The molecule has 1 N–H and O–H groups in total. The van der Waals surface area contributed by atoms with E-state index >= 15 is 0 Å². The molecule has 1 aromatic carbocycles. The molecule has 0 spiro atoms. The highest BCUT2D eigenvalue weighted by atomic mass is 127. The van der Waals surface area contributed by atoms with E-state index in [1.807, 2.05) is 0 Å². The summed E-state index contributed by atoms with van der Waals surface area (Å²) in [6, 6.07) is 3.68. The molecule has 0 radical (unpaired) electrons. The van der Waals surface area contributed by atoms with E-state index in [-0.39, 0.29) is 9.13 Å². The molecule has 0 aromatic heterocycles. The van der Waals surface area contributed by atoms with E-state index < -0.39 is 24.2 Å². The Morgan fingerprint density at radius 1 is 1.50 bits per heavy atom. The number of rotatable bonds is 3. The molecule has 0 aliphatic heterocycles. The van der Waals surface area contributed by atoms with Crippen LogP contribution in [0.25, 0.3) is 0 Å². The lowest BCUT2D eigenvalue weighted by molar-refractivity contribution is 0.0221. The van der Waals surface area contributed by atoms with Crippen LogP contribution in [0.3, 0.4) is 0 Å². The topological polar surface area (TPSA) is 29.1 Å². The summed E-state index contributed by atoms with van der Waals surface area (Å²) in [4.78, 5) is 11.4. The predicted molar refractivity (Wildman–Crippen MR) is 62.1 cm³/mol. The summed E-state index contributed by atoms with van der Waals surface area (Å²) in [5.41, 5.74) is 0.162. The van der Waals surface area contributed by atoms with E-state index in [2.05, 4.69) is 5.32 Å². The van der Waals surface area contributed by atoms with Gasteiger partial charge in [-0.05, 0) is 40.8 Å². The number of nitrogens with one attached hydrogen (secondary N) is 1. The van der Waals surface area contributed by atoms with Crippen LogP contribution in [0, 0.1) is 9.39 Å². The van der Waals surface area contributed by atoms with Crippen molar-refractivity contribution < 1.29 is 18.0 Å². The van der Waals surface area contributed by atoms with Gasteiger partial charge < -0.3 is 5.32 Å². The quantitative estimate of drug-likeness (QED) is 0.841. The van der Waals surface area contributed by atoms with E-state index in [4.69, 9.17) is 0 Å². The van der Waals surface area contributed by atoms with E-state index in [0.717, 1.165) is 6.07 Å². The summed E-state index contributed by atoms with van der Waals surface area (Å²) in [6.45, 7) is -0.0263. The first-order chi connectivity index (χ1) is 7.29. The summed E-state index contributed by atoms with van der Waals surface area (Å²) in [7, 11) is 0. The first-order valence-electron chi connectivity index (χ1n) is 4.41. The zero-order valence-electron chi connectivity index (χ0n) is 8.36. The van der Waals surface area contributed by atoms with Gasteiger partial charge in [0.15, 0.2) is 0 Å². The molecule has 0 aliphatic rings. The molecule has 1 rings (SSSR count). The number of hydrogen-bond donors (Lipinski definition) is 1. The average Bonchev–Trinajstić information content (AvgIpc) is 2.17. The Morgan fingerprint density at radius 2 is 2.12 bits per heavy atom. The third-order valence-corrected chi connectivity index (χ3v) is 2.57. The number of carbonyl (C=O) groups excluding carboxylic acids is 1. The van der Waals surface area contributed by atoms with E-state index in [1.54, 1.807) is 22.6 Å². The molecular weight excluding hydrogens is 334 g/mol. The number of halogens is 4. The first kappa shape index (κ1) is 13.3. The molecule has 1 aromatic rings. The fourth-order valence-corrected chi connectivity index (χ4v) is 1.49. The zero-order valence-corrected chi connectivity index (χ0v) is 10.5. The van der Waals surface area contributed by atoms with Gasteiger partial charge in [0.25, 0.3) is 11.8 Å². The van der Waals surface area contributed by atoms with Gasteiger partial charge in [-0.25, -0.2) is 13.2 Å². The lowest BCUT2D eigenvalue weighted by atomic mass is 10.2. The predicted octanol–water partition coefficient (Wildman–Crippen LogP) is 2.82. The van der Waals surface area contributed by atoms with Crippen LogP contribution in [0.2, 0.25) is 0 Å². The minimum Gasteiger partial charge on any atom is -0.346 e. The lowest BCUT2D eigenvalue weighted by Crippen LogP contribution is -2.34. The second kappa shape index (κ2) is 5.03. The van der Waals surface area contributed by atoms with Crippen LogP contribution in [0.5, 0.6) is 0 Å². The summed E-state index contributed by atoms with van der Waals surface area (Å²) in [5.74, 6) is -4.04. The Morgan fingerprint density at radius 3 is 2.62 bits per heavy atom. The van der Waals surface area contributed by atoms with Crippen molar-refractivity contribution in [2.75, 3.05) is 6.54 Å². The van der Waals surface area contributed by atoms with Crippen LogP contribution in [0.4, 0.5) is 13.2 Å². The van der Waals surface area contributed by atoms with Gasteiger partial charge >= 0.3 is 0 Å². The van der Waals surface area contributed by atoms with Crippen molar-refractivity contribution in [2.24, 2.45) is 0 Å². The Balaban J connectivity index is 2.70. The smallest absolute Gasteiger partial charge is 0.262 e. The van der Waals surface area contributed by atoms with Crippen LogP contribution in [0.15, 0.2) is 18.2 Å². The molecule has 0 saturated heterocycles. The molecule has 0 bridgehead atoms. The second-order valence-electron chi connectivity index (χ2n) is 3.38. The third-order valence-electron chi connectivity index (χ3n) is 1.74. The van der Waals surface area contributed by atoms with Gasteiger partial charge in [-0.3, -0.25) is 4.79 Å². The second-order valence-corrected chi connectivity index (χ2v) is 4.54. The fourth-order valence-electron chi connectivity index (χ4n) is 0.975. The lowest BCUT2D eigenvalue weighted by Gasteiger charge is -2.11. The SMILES string of the molecule is CC(F)(F)CNC(=O)c1ccc(F)c(I)c1. The van der Waals surface area contributed by atoms with Gasteiger partial charge in [0.1, 0.15) is 5.82 Å². The molecule has 0 saturated carbocycles. The van der Waals surface area contributed by atoms with Gasteiger partial charge in [0.05, 0.1) is 6.54 Å². The fraction of sp³-hybridized carbons (Fsp3) is 0.300. The van der Waals surface area contributed by atoms with Crippen molar-refractivity contribution in [1.82, 2.24) is 5.32 Å². The summed E-state index contributed by atoms with van der Waals surface area (Å²) in [6.07, 6.45) is 0. The molecule has 88 valence electrons. The molecule has 1 amide bonds. The normalized spacial score (nSPS) is 11.3. The molecule has 0 unspecified atom stereocenters. The van der Waals surface area contributed by atoms with Crippen LogP contribution in [-0.2, 0) is 0 Å². The van der Waals surface area contributed by atoms with E-state index in [1.165, 1.54) is 12.1 Å². The van der Waals surface area contributed by atoms with Crippen molar-refractivity contribution in [3.8, 4) is 0 Å². The maximum atomic E-state index is 12.9. The molecule has 0 fully saturated rings. The van der Waals surface area contributed by atoms with Crippen molar-refractivity contribution >= 4 is 28.5 Å². The maximum absolute atomic E-state index is 12.9. The van der Waals surface area contributed by atoms with Gasteiger partial charge in [-0.2, -0.15) is 0 Å². The molecular formula is C10H9F3INO. The molecule has 16 heavy (non-hydrogen) atoms. The van der Waals surface area contributed by atoms with Crippen molar-refractivity contribution in [1.29, 1.82) is 0 Å². The highest BCUT2D eigenvalue weighted by molar-refractivity contribution is 14.1. The van der Waals surface area contributed by atoms with E-state index in [9.17, 15) is 18.0 Å². The van der Waals surface area contributed by atoms with Gasteiger partial charge in [-0.1, -0.05) is 0 Å². The number of hydrogen-bond acceptors (Lipinski definition) is 1. The Labute approximate surface area is 104 Å². The Hall–Kier alpha value is -0.790. The zero-order chi connectivity index (χ0) is 12.3. The monoisotopic (exact) mass is 343 g/mol. The van der Waals surface area contributed by atoms with Crippen molar-refractivity contribution in [3.63, 3.8) is 0 Å². The molecule has 0 atom stereocenters. The standard InChI is InChI=1S/C10H9F3INO/c1-10(12,13)5-15-9(16)6-2-3-7(11)8(14)4-6/h2-4H,5H2,1H3,(H,15,16). The van der Waals surface area contributed by atoms with Crippen molar-refractivity contribution in [2.45, 2.75) is 12.8 Å². The molecule has 0 aliphatic carbocycles. The largest absolute Gasteiger partial charge is 0.346 e. The molecule has 6 heteroatoms. The number of benzene rings is 1. The Bertz CT molecular complexity index is 404. The molecule has 0 heterocycles. The average molecular weight is 343 g/mol.